The van der Waals surface area contributed by atoms with Crippen molar-refractivity contribution in [2.45, 2.75) is 57.7 Å². The van der Waals surface area contributed by atoms with Crippen LogP contribution in [0.5, 0.6) is 0 Å². The van der Waals surface area contributed by atoms with E-state index in [9.17, 15) is 31.2 Å². The van der Waals surface area contributed by atoms with Crippen molar-refractivity contribution in [3.05, 3.63) is 65.5 Å². The zero-order chi connectivity index (χ0) is 26.5. The van der Waals surface area contributed by atoms with Crippen LogP contribution in [0, 0.1) is 17.5 Å². The number of anilines is 1. The fraction of sp³-hybridized carbons (Fsp3) is 0.440. The summed E-state index contributed by atoms with van der Waals surface area (Å²) in [7, 11) is -4.10. The zero-order valence-corrected chi connectivity index (χ0v) is 21.0. The monoisotopic (exact) mass is 525 g/mol. The predicted octanol–water partition coefficient (Wildman–Crippen LogP) is 3.74. The van der Waals surface area contributed by atoms with E-state index in [2.05, 4.69) is 5.32 Å². The minimum atomic E-state index is -4.10. The van der Waals surface area contributed by atoms with Crippen LogP contribution in [0.15, 0.2) is 42.5 Å². The average molecular weight is 526 g/mol. The molecule has 1 aliphatic carbocycles. The summed E-state index contributed by atoms with van der Waals surface area (Å²) in [5.41, 5.74) is -0.114. The Kier molecular flexibility index (Phi) is 8.99. The molecule has 7 nitrogen and oxygen atoms in total. The van der Waals surface area contributed by atoms with E-state index in [1.54, 1.807) is 6.07 Å². The largest absolute Gasteiger partial charge is 0.352 e. The lowest BCUT2D eigenvalue weighted by atomic mass is 9.95. The fourth-order valence-corrected chi connectivity index (χ4v) is 5.06. The molecule has 0 aliphatic heterocycles. The molecular weight excluding hydrogens is 495 g/mol. The minimum Gasteiger partial charge on any atom is -0.352 e. The van der Waals surface area contributed by atoms with Crippen molar-refractivity contribution in [3.63, 3.8) is 0 Å². The number of nitrogens with one attached hydrogen (secondary N) is 1. The second-order valence-corrected chi connectivity index (χ2v) is 10.9. The summed E-state index contributed by atoms with van der Waals surface area (Å²) in [6.07, 6.45) is 5.51. The number of carbonyl (C=O) groups excluding carboxylic acids is 2. The van der Waals surface area contributed by atoms with Gasteiger partial charge in [-0.2, -0.15) is 0 Å². The molecule has 11 heteroatoms. The van der Waals surface area contributed by atoms with Crippen LogP contribution in [0.2, 0.25) is 0 Å². The number of hydrogen-bond donors (Lipinski definition) is 1. The van der Waals surface area contributed by atoms with Crippen molar-refractivity contribution in [1.29, 1.82) is 0 Å². The molecule has 1 atom stereocenters. The third-order valence-corrected chi connectivity index (χ3v) is 7.43. The second-order valence-electron chi connectivity index (χ2n) is 9.00. The summed E-state index contributed by atoms with van der Waals surface area (Å²) in [6, 6.07) is 7.12. The Morgan fingerprint density at radius 2 is 1.67 bits per heavy atom. The molecule has 2 aromatic rings. The lowest BCUT2D eigenvalue weighted by Gasteiger charge is -2.33. The van der Waals surface area contributed by atoms with E-state index in [0.717, 1.165) is 55.4 Å². The van der Waals surface area contributed by atoms with Gasteiger partial charge in [-0.05, 0) is 38.0 Å². The Bertz CT molecular complexity index is 1200. The summed E-state index contributed by atoms with van der Waals surface area (Å²) in [5.74, 6) is -4.29. The van der Waals surface area contributed by atoms with Gasteiger partial charge in [-0.15, -0.1) is 0 Å². The molecule has 1 unspecified atom stereocenters. The van der Waals surface area contributed by atoms with Crippen molar-refractivity contribution >= 4 is 27.5 Å². The van der Waals surface area contributed by atoms with Crippen molar-refractivity contribution in [3.8, 4) is 0 Å². The van der Waals surface area contributed by atoms with E-state index >= 15 is 0 Å². The maximum absolute atomic E-state index is 14.4. The Balaban J connectivity index is 1.89. The normalized spacial score (nSPS) is 15.2. The summed E-state index contributed by atoms with van der Waals surface area (Å²) in [5, 5.41) is 2.93. The lowest BCUT2D eigenvalue weighted by molar-refractivity contribution is -0.139. The third kappa shape index (κ3) is 6.99. The van der Waals surface area contributed by atoms with Gasteiger partial charge in [-0.1, -0.05) is 37.5 Å². The van der Waals surface area contributed by atoms with E-state index in [1.807, 2.05) is 0 Å². The first-order valence-corrected chi connectivity index (χ1v) is 13.6. The van der Waals surface area contributed by atoms with Crippen LogP contribution in [-0.4, -0.2) is 50.0 Å². The summed E-state index contributed by atoms with van der Waals surface area (Å²) in [6.45, 7) is 0.402. The van der Waals surface area contributed by atoms with Crippen LogP contribution in [-0.2, 0) is 26.2 Å². The number of nitrogens with zero attached hydrogens (tertiary/aromatic N) is 2. The molecule has 0 spiro atoms. The molecule has 0 aromatic heterocycles. The van der Waals surface area contributed by atoms with Gasteiger partial charge in [0.2, 0.25) is 21.8 Å². The van der Waals surface area contributed by atoms with Crippen molar-refractivity contribution < 1.29 is 31.2 Å². The first-order chi connectivity index (χ1) is 17.0. The van der Waals surface area contributed by atoms with Gasteiger partial charge >= 0.3 is 0 Å². The molecule has 36 heavy (non-hydrogen) atoms. The summed E-state index contributed by atoms with van der Waals surface area (Å²) < 4.78 is 67.2. The molecule has 2 amide bonds. The number of sulfonamides is 1. The SMILES string of the molecule is CC(C(=O)NC1CCCCC1)N(Cc1ccccc1F)C(=O)CN(c1ccc(F)c(F)c1)S(C)(=O)=O. The highest BCUT2D eigenvalue weighted by molar-refractivity contribution is 7.92. The number of amides is 2. The highest BCUT2D eigenvalue weighted by Crippen LogP contribution is 2.22. The van der Waals surface area contributed by atoms with Crippen molar-refractivity contribution in [2.24, 2.45) is 0 Å². The van der Waals surface area contributed by atoms with Crippen LogP contribution < -0.4 is 9.62 Å². The van der Waals surface area contributed by atoms with Gasteiger partial charge in [-0.25, -0.2) is 21.6 Å². The van der Waals surface area contributed by atoms with E-state index in [1.165, 1.54) is 25.1 Å². The molecule has 196 valence electrons. The van der Waals surface area contributed by atoms with Gasteiger partial charge < -0.3 is 10.2 Å². The van der Waals surface area contributed by atoms with Gasteiger partial charge in [0.1, 0.15) is 18.4 Å². The zero-order valence-electron chi connectivity index (χ0n) is 20.2. The van der Waals surface area contributed by atoms with Crippen LogP contribution in [0.1, 0.15) is 44.6 Å². The van der Waals surface area contributed by atoms with Crippen LogP contribution in [0.25, 0.3) is 0 Å². The first-order valence-electron chi connectivity index (χ1n) is 11.7. The van der Waals surface area contributed by atoms with Gasteiger partial charge in [0, 0.05) is 24.2 Å². The second kappa shape index (κ2) is 11.8. The van der Waals surface area contributed by atoms with Gasteiger partial charge in [0.15, 0.2) is 11.6 Å². The molecule has 0 bridgehead atoms. The third-order valence-electron chi connectivity index (χ3n) is 6.29. The predicted molar refractivity (Wildman–Crippen MR) is 130 cm³/mol. The molecule has 1 fully saturated rings. The van der Waals surface area contributed by atoms with E-state index < -0.39 is 51.9 Å². The van der Waals surface area contributed by atoms with E-state index in [4.69, 9.17) is 0 Å². The average Bonchev–Trinajstić information content (AvgIpc) is 2.83. The Labute approximate surface area is 209 Å². The van der Waals surface area contributed by atoms with Gasteiger partial charge in [0.05, 0.1) is 11.9 Å². The molecule has 1 N–H and O–H groups in total. The maximum atomic E-state index is 14.4. The van der Waals surface area contributed by atoms with Gasteiger partial charge in [0.25, 0.3) is 0 Å². The summed E-state index contributed by atoms with van der Waals surface area (Å²) in [4.78, 5) is 27.6. The number of carbonyl (C=O) groups is 2. The highest BCUT2D eigenvalue weighted by atomic mass is 32.2. The Hall–Kier alpha value is -3.08. The fourth-order valence-electron chi connectivity index (χ4n) is 4.22. The van der Waals surface area contributed by atoms with Crippen LogP contribution >= 0.6 is 0 Å². The number of benzene rings is 2. The molecule has 1 aliphatic rings. The molecule has 2 aromatic carbocycles. The molecular formula is C25H30F3N3O4S. The highest BCUT2D eigenvalue weighted by Gasteiger charge is 2.31. The molecule has 3 rings (SSSR count). The van der Waals surface area contributed by atoms with Crippen LogP contribution in [0.3, 0.4) is 0 Å². The Morgan fingerprint density at radius 1 is 1.00 bits per heavy atom. The molecule has 1 saturated carbocycles. The molecule has 0 heterocycles. The van der Waals surface area contributed by atoms with E-state index in [0.29, 0.717) is 10.4 Å². The van der Waals surface area contributed by atoms with Crippen molar-refractivity contribution in [1.82, 2.24) is 10.2 Å². The molecule has 0 radical (unpaired) electrons. The lowest BCUT2D eigenvalue weighted by Crippen LogP contribution is -2.53. The van der Waals surface area contributed by atoms with Crippen molar-refractivity contribution in [2.75, 3.05) is 17.1 Å². The van der Waals surface area contributed by atoms with Crippen LogP contribution in [0.4, 0.5) is 18.9 Å². The smallest absolute Gasteiger partial charge is 0.244 e. The standard InChI is InChI=1S/C25H30F3N3O4S/c1-17(25(33)29-19-9-4-3-5-10-19)30(15-18-8-6-7-11-21(18)26)24(32)16-31(36(2,34)35)20-12-13-22(27)23(28)14-20/h6-8,11-14,17,19H,3-5,9-10,15-16H2,1-2H3,(H,29,33). The number of rotatable bonds is 9. The maximum Gasteiger partial charge on any atom is 0.244 e. The topological polar surface area (TPSA) is 86.8 Å². The molecule has 0 saturated heterocycles. The summed E-state index contributed by atoms with van der Waals surface area (Å²) >= 11 is 0. The number of halogens is 3. The Morgan fingerprint density at radius 3 is 2.28 bits per heavy atom. The van der Waals surface area contributed by atoms with E-state index in [-0.39, 0.29) is 23.8 Å². The first kappa shape index (κ1) is 27.5. The van der Waals surface area contributed by atoms with Gasteiger partial charge in [-0.3, -0.25) is 13.9 Å². The quantitative estimate of drug-likeness (QED) is 0.541. The number of hydrogen-bond acceptors (Lipinski definition) is 4. The minimum absolute atomic E-state index is 0.0335.